The van der Waals surface area contributed by atoms with Crippen molar-refractivity contribution in [1.82, 2.24) is 20.0 Å². The van der Waals surface area contributed by atoms with Gasteiger partial charge in [0.1, 0.15) is 0 Å². The van der Waals surface area contributed by atoms with Gasteiger partial charge in [-0.05, 0) is 44.1 Å². The van der Waals surface area contributed by atoms with Crippen molar-refractivity contribution in [2.45, 2.75) is 31.5 Å². The first-order chi connectivity index (χ1) is 14.7. The summed E-state index contributed by atoms with van der Waals surface area (Å²) in [5.74, 6) is 0.226. The Morgan fingerprint density at radius 2 is 1.60 bits per heavy atom. The first-order valence-electron chi connectivity index (χ1n) is 11.2. The summed E-state index contributed by atoms with van der Waals surface area (Å²) >= 11 is 0. The molecule has 0 aromatic heterocycles. The van der Waals surface area contributed by atoms with E-state index in [1.165, 1.54) is 11.1 Å². The molecular weight excluding hydrogens is 372 g/mol. The van der Waals surface area contributed by atoms with Crippen molar-refractivity contribution in [3.05, 3.63) is 71.8 Å². The van der Waals surface area contributed by atoms with Crippen molar-refractivity contribution in [2.75, 3.05) is 46.3 Å². The minimum atomic E-state index is 0.145. The lowest BCUT2D eigenvalue weighted by Crippen LogP contribution is -2.52. The van der Waals surface area contributed by atoms with E-state index in [1.54, 1.807) is 0 Å². The maximum Gasteiger partial charge on any atom is 0.237 e. The fourth-order valence-electron chi connectivity index (χ4n) is 4.65. The lowest BCUT2D eigenvalue weighted by atomic mass is 10.0. The molecule has 2 heterocycles. The molecule has 5 heteroatoms. The predicted molar refractivity (Wildman–Crippen MR) is 121 cm³/mol. The zero-order chi connectivity index (χ0) is 20.8. The fourth-order valence-corrected chi connectivity index (χ4v) is 4.65. The minimum Gasteiger partial charge on any atom is -0.332 e. The quantitative estimate of drug-likeness (QED) is 0.801. The molecule has 1 unspecified atom stereocenters. The van der Waals surface area contributed by atoms with Crippen LogP contribution in [0.2, 0.25) is 0 Å². The van der Waals surface area contributed by atoms with Crippen molar-refractivity contribution in [1.29, 1.82) is 0 Å². The molecule has 30 heavy (non-hydrogen) atoms. The van der Waals surface area contributed by atoms with Gasteiger partial charge in [0.15, 0.2) is 0 Å². The molecule has 1 amide bonds. The van der Waals surface area contributed by atoms with Crippen LogP contribution in [0.25, 0.3) is 0 Å². The Bertz CT molecular complexity index is 789. The number of likely N-dealkylation sites (tertiary alicyclic amines) is 1. The van der Waals surface area contributed by atoms with Gasteiger partial charge in [0.05, 0.1) is 12.6 Å². The molecule has 2 saturated heterocycles. The van der Waals surface area contributed by atoms with Gasteiger partial charge < -0.3 is 15.1 Å². The van der Waals surface area contributed by atoms with E-state index in [-0.39, 0.29) is 11.9 Å². The maximum atomic E-state index is 13.1. The van der Waals surface area contributed by atoms with Gasteiger partial charge in [-0.15, -0.1) is 0 Å². The molecule has 0 spiro atoms. The van der Waals surface area contributed by atoms with Gasteiger partial charge in [0, 0.05) is 32.2 Å². The highest BCUT2D eigenvalue weighted by Crippen LogP contribution is 2.25. The Morgan fingerprint density at radius 1 is 0.933 bits per heavy atom. The number of carbonyl (C=O) groups excluding carboxylic acids is 1. The lowest BCUT2D eigenvalue weighted by molar-refractivity contribution is -0.135. The summed E-state index contributed by atoms with van der Waals surface area (Å²) in [7, 11) is 2.14. The van der Waals surface area contributed by atoms with Crippen LogP contribution in [-0.2, 0) is 11.3 Å². The summed E-state index contributed by atoms with van der Waals surface area (Å²) in [5.41, 5.74) is 2.60. The molecule has 0 bridgehead atoms. The van der Waals surface area contributed by atoms with Crippen molar-refractivity contribution in [3.8, 4) is 0 Å². The van der Waals surface area contributed by atoms with Crippen LogP contribution in [0.5, 0.6) is 0 Å². The largest absolute Gasteiger partial charge is 0.332 e. The second-order valence-electron chi connectivity index (χ2n) is 8.69. The van der Waals surface area contributed by atoms with Gasteiger partial charge in [0.2, 0.25) is 5.91 Å². The van der Waals surface area contributed by atoms with E-state index in [0.29, 0.717) is 12.6 Å². The Hall–Kier alpha value is -2.21. The van der Waals surface area contributed by atoms with Crippen LogP contribution in [-0.4, -0.2) is 73.0 Å². The molecule has 2 aliphatic heterocycles. The summed E-state index contributed by atoms with van der Waals surface area (Å²) in [4.78, 5) is 20.0. The highest BCUT2D eigenvalue weighted by Gasteiger charge is 2.30. The smallest absolute Gasteiger partial charge is 0.237 e. The van der Waals surface area contributed by atoms with Gasteiger partial charge >= 0.3 is 0 Å². The molecular formula is C25H34N4O. The van der Waals surface area contributed by atoms with E-state index < -0.39 is 0 Å². The number of piperidine rings is 1. The number of benzene rings is 2. The van der Waals surface area contributed by atoms with Crippen LogP contribution in [0.4, 0.5) is 0 Å². The van der Waals surface area contributed by atoms with Gasteiger partial charge in [-0.2, -0.15) is 0 Å². The molecule has 0 radical (unpaired) electrons. The monoisotopic (exact) mass is 406 g/mol. The predicted octanol–water partition coefficient (Wildman–Crippen LogP) is 2.76. The number of hydrogen-bond acceptors (Lipinski definition) is 4. The van der Waals surface area contributed by atoms with E-state index in [2.05, 4.69) is 81.7 Å². The van der Waals surface area contributed by atoms with Crippen LogP contribution in [0.1, 0.15) is 30.0 Å². The van der Waals surface area contributed by atoms with Gasteiger partial charge in [-0.25, -0.2) is 0 Å². The Morgan fingerprint density at radius 3 is 2.30 bits per heavy atom. The number of nitrogens with zero attached hydrogens (tertiary/aromatic N) is 3. The van der Waals surface area contributed by atoms with Crippen LogP contribution < -0.4 is 5.32 Å². The molecule has 1 N–H and O–H groups in total. The second-order valence-corrected chi connectivity index (χ2v) is 8.69. The summed E-state index contributed by atoms with van der Waals surface area (Å²) in [6, 6.07) is 21.7. The number of hydrogen-bond donors (Lipinski definition) is 1. The van der Waals surface area contributed by atoms with Crippen molar-refractivity contribution >= 4 is 5.91 Å². The number of rotatable bonds is 6. The summed E-state index contributed by atoms with van der Waals surface area (Å²) in [5, 5.41) is 3.55. The number of amides is 1. The number of piperazine rings is 1. The topological polar surface area (TPSA) is 38.8 Å². The maximum absolute atomic E-state index is 13.1. The van der Waals surface area contributed by atoms with Crippen LogP contribution in [0.15, 0.2) is 60.7 Å². The van der Waals surface area contributed by atoms with E-state index in [0.717, 1.165) is 52.1 Å². The van der Waals surface area contributed by atoms with E-state index in [4.69, 9.17) is 0 Å². The third-order valence-electron chi connectivity index (χ3n) is 6.47. The molecule has 2 aromatic rings. The highest BCUT2D eigenvalue weighted by molar-refractivity contribution is 5.79. The fraction of sp³-hybridized carbons (Fsp3) is 0.480. The van der Waals surface area contributed by atoms with Crippen LogP contribution >= 0.6 is 0 Å². The number of carbonyl (C=O) groups is 1. The number of nitrogens with one attached hydrogen (secondary N) is 1. The summed E-state index contributed by atoms with van der Waals surface area (Å²) in [6.45, 7) is 6.26. The minimum absolute atomic E-state index is 0.145. The molecule has 0 aliphatic carbocycles. The van der Waals surface area contributed by atoms with Gasteiger partial charge in [0.25, 0.3) is 0 Å². The molecule has 2 aliphatic rings. The molecule has 4 rings (SSSR count). The molecule has 160 valence electrons. The third-order valence-corrected chi connectivity index (χ3v) is 6.47. The zero-order valence-corrected chi connectivity index (χ0v) is 18.0. The Labute approximate surface area is 180 Å². The molecule has 0 saturated carbocycles. The van der Waals surface area contributed by atoms with E-state index in [1.807, 2.05) is 6.07 Å². The van der Waals surface area contributed by atoms with Gasteiger partial charge in [-0.3, -0.25) is 9.69 Å². The van der Waals surface area contributed by atoms with Crippen molar-refractivity contribution in [2.24, 2.45) is 0 Å². The Kier molecular flexibility index (Phi) is 7.16. The van der Waals surface area contributed by atoms with E-state index >= 15 is 0 Å². The molecule has 5 nitrogen and oxygen atoms in total. The zero-order valence-electron chi connectivity index (χ0n) is 18.0. The number of likely N-dealkylation sites (N-methyl/N-ethyl adjacent to an activating group) is 1. The normalized spacial score (nSPS) is 21.6. The first kappa shape index (κ1) is 21.0. The molecule has 2 aromatic carbocycles. The average Bonchev–Trinajstić information content (AvgIpc) is 2.79. The SMILES string of the molecule is CN1CCN(C(=O)CNC2CCN(Cc3ccccc3)CC2)C(c2ccccc2)C1. The van der Waals surface area contributed by atoms with Crippen LogP contribution in [0.3, 0.4) is 0 Å². The second kappa shape index (κ2) is 10.2. The molecule has 2 fully saturated rings. The van der Waals surface area contributed by atoms with Crippen molar-refractivity contribution in [3.63, 3.8) is 0 Å². The lowest BCUT2D eigenvalue weighted by Gasteiger charge is -2.41. The third kappa shape index (κ3) is 5.48. The molecule has 1 atom stereocenters. The van der Waals surface area contributed by atoms with Gasteiger partial charge in [-0.1, -0.05) is 60.7 Å². The summed E-state index contributed by atoms with van der Waals surface area (Å²) in [6.07, 6.45) is 2.20. The Balaban J connectivity index is 1.26. The first-order valence-corrected chi connectivity index (χ1v) is 11.2. The van der Waals surface area contributed by atoms with Crippen molar-refractivity contribution < 1.29 is 4.79 Å². The standard InChI is InChI=1S/C25H34N4O/c1-27-16-17-29(24(20-27)22-10-6-3-7-11-22)25(30)18-26-23-12-14-28(15-13-23)19-21-8-4-2-5-9-21/h2-11,23-24,26H,12-20H2,1H3. The highest BCUT2D eigenvalue weighted by atomic mass is 16.2. The summed E-state index contributed by atoms with van der Waals surface area (Å²) < 4.78 is 0. The van der Waals surface area contributed by atoms with E-state index in [9.17, 15) is 4.79 Å². The van der Waals surface area contributed by atoms with Crippen LogP contribution in [0, 0.1) is 0 Å². The average molecular weight is 407 g/mol.